The molecule has 0 aliphatic rings. The Kier molecular flexibility index (Phi) is 2.69. The first-order valence-electron chi connectivity index (χ1n) is 3.83. The molecule has 13 heavy (non-hydrogen) atoms. The minimum Gasteiger partial charge on any atom is -0.410 e. The Morgan fingerprint density at radius 3 is 2.77 bits per heavy atom. The van der Waals surface area contributed by atoms with Crippen LogP contribution in [0.3, 0.4) is 0 Å². The lowest BCUT2D eigenvalue weighted by molar-refractivity contribution is 0.211. The fraction of sp³-hybridized carbons (Fsp3) is 0.100. The highest BCUT2D eigenvalue weighted by Gasteiger charge is 1.99. The largest absolute Gasteiger partial charge is 0.410 e. The van der Waals surface area contributed by atoms with Gasteiger partial charge in [0, 0.05) is 0 Å². The van der Waals surface area contributed by atoms with E-state index in [1.54, 1.807) is 18.2 Å². The number of rotatable bonds is 2. The van der Waals surface area contributed by atoms with Gasteiger partial charge < -0.3 is 10.5 Å². The van der Waals surface area contributed by atoms with E-state index in [1.807, 2.05) is 13.0 Å². The van der Waals surface area contributed by atoms with E-state index in [9.17, 15) is 4.79 Å². The monoisotopic (exact) mass is 177 g/mol. The van der Waals surface area contributed by atoms with Gasteiger partial charge in [0.1, 0.15) is 5.75 Å². The number of carbonyl (C=O) groups is 1. The van der Waals surface area contributed by atoms with Crippen LogP contribution >= 0.6 is 0 Å². The average Bonchev–Trinajstić information content (AvgIpc) is 2.03. The third kappa shape index (κ3) is 2.63. The van der Waals surface area contributed by atoms with Crippen LogP contribution in [0.4, 0.5) is 4.79 Å². The SMILES string of the molecule is C=C(C)c1cccc(OC(N)=O)c1. The van der Waals surface area contributed by atoms with Crippen LogP contribution < -0.4 is 10.5 Å². The Balaban J connectivity index is 2.91. The molecule has 0 aliphatic heterocycles. The van der Waals surface area contributed by atoms with Crippen molar-refractivity contribution in [2.45, 2.75) is 6.92 Å². The van der Waals surface area contributed by atoms with E-state index in [-0.39, 0.29) is 0 Å². The molecule has 0 aromatic heterocycles. The predicted molar refractivity (Wildman–Crippen MR) is 51.4 cm³/mol. The number of carbonyl (C=O) groups excluding carboxylic acids is 1. The summed E-state index contributed by atoms with van der Waals surface area (Å²) in [5.74, 6) is 0.438. The van der Waals surface area contributed by atoms with Gasteiger partial charge in [0.25, 0.3) is 0 Å². The Morgan fingerprint density at radius 1 is 1.54 bits per heavy atom. The molecular weight excluding hydrogens is 166 g/mol. The number of amides is 1. The van der Waals surface area contributed by atoms with Crippen molar-refractivity contribution >= 4 is 11.7 Å². The van der Waals surface area contributed by atoms with Gasteiger partial charge in [-0.05, 0) is 24.6 Å². The van der Waals surface area contributed by atoms with E-state index in [1.165, 1.54) is 0 Å². The quantitative estimate of drug-likeness (QED) is 0.752. The maximum Gasteiger partial charge on any atom is 0.409 e. The van der Waals surface area contributed by atoms with E-state index < -0.39 is 6.09 Å². The topological polar surface area (TPSA) is 52.3 Å². The van der Waals surface area contributed by atoms with Gasteiger partial charge in [-0.1, -0.05) is 24.3 Å². The lowest BCUT2D eigenvalue weighted by Crippen LogP contribution is -2.16. The smallest absolute Gasteiger partial charge is 0.409 e. The summed E-state index contributed by atoms with van der Waals surface area (Å²) in [6.45, 7) is 5.65. The van der Waals surface area contributed by atoms with Crippen LogP contribution in [-0.2, 0) is 0 Å². The zero-order valence-corrected chi connectivity index (χ0v) is 7.41. The molecule has 0 unspecified atom stereocenters. The van der Waals surface area contributed by atoms with Gasteiger partial charge >= 0.3 is 6.09 Å². The molecule has 0 spiro atoms. The van der Waals surface area contributed by atoms with Crippen molar-refractivity contribution in [3.8, 4) is 5.75 Å². The van der Waals surface area contributed by atoms with Gasteiger partial charge in [-0.3, -0.25) is 0 Å². The van der Waals surface area contributed by atoms with E-state index in [0.717, 1.165) is 11.1 Å². The summed E-state index contributed by atoms with van der Waals surface area (Å²) in [4.78, 5) is 10.4. The van der Waals surface area contributed by atoms with Crippen molar-refractivity contribution in [3.05, 3.63) is 36.4 Å². The van der Waals surface area contributed by atoms with Crippen molar-refractivity contribution in [2.75, 3.05) is 0 Å². The fourth-order valence-corrected chi connectivity index (χ4v) is 0.941. The second kappa shape index (κ2) is 3.76. The van der Waals surface area contributed by atoms with Crippen molar-refractivity contribution in [2.24, 2.45) is 5.73 Å². The third-order valence-electron chi connectivity index (χ3n) is 1.55. The van der Waals surface area contributed by atoms with Gasteiger partial charge in [-0.25, -0.2) is 4.79 Å². The molecule has 0 heterocycles. The van der Waals surface area contributed by atoms with Crippen LogP contribution in [0.5, 0.6) is 5.75 Å². The molecule has 0 radical (unpaired) electrons. The third-order valence-corrected chi connectivity index (χ3v) is 1.55. The molecule has 1 aromatic rings. The van der Waals surface area contributed by atoms with Gasteiger partial charge in [0.15, 0.2) is 0 Å². The highest BCUT2D eigenvalue weighted by molar-refractivity contribution is 5.69. The molecule has 0 bridgehead atoms. The summed E-state index contributed by atoms with van der Waals surface area (Å²) < 4.78 is 4.70. The van der Waals surface area contributed by atoms with E-state index in [4.69, 9.17) is 10.5 Å². The molecule has 3 nitrogen and oxygen atoms in total. The number of allylic oxidation sites excluding steroid dienone is 1. The number of hydrogen-bond donors (Lipinski definition) is 1. The van der Waals surface area contributed by atoms with E-state index in [0.29, 0.717) is 5.75 Å². The van der Waals surface area contributed by atoms with Crippen molar-refractivity contribution < 1.29 is 9.53 Å². The van der Waals surface area contributed by atoms with Crippen molar-refractivity contribution in [1.29, 1.82) is 0 Å². The molecule has 1 aromatic carbocycles. The standard InChI is InChI=1S/C10H11NO2/c1-7(2)8-4-3-5-9(6-8)13-10(11)12/h3-6H,1H2,2H3,(H2,11,12). The number of benzene rings is 1. The van der Waals surface area contributed by atoms with Gasteiger partial charge in [-0.2, -0.15) is 0 Å². The molecule has 2 N–H and O–H groups in total. The van der Waals surface area contributed by atoms with Gasteiger partial charge in [0.05, 0.1) is 0 Å². The zero-order chi connectivity index (χ0) is 9.84. The van der Waals surface area contributed by atoms with Gasteiger partial charge in [-0.15, -0.1) is 0 Å². The number of nitrogens with two attached hydrogens (primary N) is 1. The van der Waals surface area contributed by atoms with Crippen molar-refractivity contribution in [3.63, 3.8) is 0 Å². The molecule has 68 valence electrons. The molecular formula is C10H11NO2. The lowest BCUT2D eigenvalue weighted by Gasteiger charge is -2.03. The minimum absolute atomic E-state index is 0.438. The molecule has 0 saturated heterocycles. The van der Waals surface area contributed by atoms with E-state index >= 15 is 0 Å². The molecule has 0 saturated carbocycles. The Morgan fingerprint density at radius 2 is 2.23 bits per heavy atom. The molecule has 3 heteroatoms. The fourth-order valence-electron chi connectivity index (χ4n) is 0.941. The Bertz CT molecular complexity index is 345. The van der Waals surface area contributed by atoms with Crippen molar-refractivity contribution in [1.82, 2.24) is 0 Å². The van der Waals surface area contributed by atoms with E-state index in [2.05, 4.69) is 6.58 Å². The predicted octanol–water partition coefficient (Wildman–Crippen LogP) is 2.18. The minimum atomic E-state index is -0.807. The first-order chi connectivity index (χ1) is 6.09. The normalized spacial score (nSPS) is 9.31. The van der Waals surface area contributed by atoms with Crippen LogP contribution in [0.2, 0.25) is 0 Å². The molecule has 0 fully saturated rings. The Hall–Kier alpha value is -1.77. The maximum absolute atomic E-state index is 10.4. The number of primary amides is 1. The summed E-state index contributed by atoms with van der Waals surface area (Å²) in [6.07, 6.45) is -0.807. The average molecular weight is 177 g/mol. The van der Waals surface area contributed by atoms with Crippen LogP contribution in [0.25, 0.3) is 5.57 Å². The van der Waals surface area contributed by atoms with Crippen LogP contribution in [0.15, 0.2) is 30.8 Å². The molecule has 1 amide bonds. The first-order valence-corrected chi connectivity index (χ1v) is 3.83. The number of hydrogen-bond acceptors (Lipinski definition) is 2. The first kappa shape index (κ1) is 9.32. The highest BCUT2D eigenvalue weighted by atomic mass is 16.5. The van der Waals surface area contributed by atoms with Crippen LogP contribution in [-0.4, -0.2) is 6.09 Å². The maximum atomic E-state index is 10.4. The van der Waals surface area contributed by atoms with Crippen LogP contribution in [0.1, 0.15) is 12.5 Å². The second-order valence-corrected chi connectivity index (χ2v) is 2.73. The van der Waals surface area contributed by atoms with Gasteiger partial charge in [0.2, 0.25) is 0 Å². The molecule has 0 aliphatic carbocycles. The summed E-state index contributed by atoms with van der Waals surface area (Å²) in [5.41, 5.74) is 6.71. The summed E-state index contributed by atoms with van der Waals surface area (Å²) in [6, 6.07) is 7.04. The summed E-state index contributed by atoms with van der Waals surface area (Å²) >= 11 is 0. The molecule has 1 rings (SSSR count). The van der Waals surface area contributed by atoms with Crippen LogP contribution in [0, 0.1) is 0 Å². The summed E-state index contributed by atoms with van der Waals surface area (Å²) in [5, 5.41) is 0. The molecule has 0 atom stereocenters. The Labute approximate surface area is 76.8 Å². The number of ether oxygens (including phenoxy) is 1. The zero-order valence-electron chi connectivity index (χ0n) is 7.41. The summed E-state index contributed by atoms with van der Waals surface area (Å²) in [7, 11) is 0. The highest BCUT2D eigenvalue weighted by Crippen LogP contribution is 2.18. The lowest BCUT2D eigenvalue weighted by atomic mass is 10.1. The second-order valence-electron chi connectivity index (χ2n) is 2.73.